The lowest BCUT2D eigenvalue weighted by molar-refractivity contribution is -0.149. The average molecular weight is 447 g/mol. The third kappa shape index (κ3) is 4.67. The van der Waals surface area contributed by atoms with E-state index < -0.39 is 30.2 Å². The van der Waals surface area contributed by atoms with Crippen LogP contribution in [0, 0.1) is 5.92 Å². The average Bonchev–Trinajstić information content (AvgIpc) is 2.66. The summed E-state index contributed by atoms with van der Waals surface area (Å²) in [4.78, 5) is 28.0. The van der Waals surface area contributed by atoms with Crippen molar-refractivity contribution >= 4 is 23.5 Å². The first-order valence-corrected chi connectivity index (χ1v) is 10.3. The molecule has 1 aromatic carbocycles. The largest absolute Gasteiger partial charge is 0.401 e. The maximum absolute atomic E-state index is 13.1. The second kappa shape index (κ2) is 8.63. The molecule has 0 radical (unpaired) electrons. The van der Waals surface area contributed by atoms with Crippen LogP contribution < -0.4 is 11.1 Å². The molecule has 3 N–H and O–H groups in total. The van der Waals surface area contributed by atoms with Crippen LogP contribution in [0.2, 0.25) is 5.02 Å². The Bertz CT molecular complexity index is 781. The zero-order valence-electron chi connectivity index (χ0n) is 16.7. The van der Waals surface area contributed by atoms with E-state index in [1.165, 1.54) is 9.80 Å². The number of urea groups is 1. The summed E-state index contributed by atoms with van der Waals surface area (Å²) in [5.74, 6) is -0.854. The summed E-state index contributed by atoms with van der Waals surface area (Å²) < 4.78 is 38.3. The standard InChI is InChI=1S/C20H26ClF3N4O2/c1-19(17(29)26-8-11-28(19)18(25)30)16(13-2-4-15(21)5-3-13)14-6-9-27(10-7-14)12-20(22,23)24/h2-5,14,16H,6-12H2,1H3,(H2,25,30)(H,26,29)/t16-,19?/m1/s1. The van der Waals surface area contributed by atoms with Gasteiger partial charge in [0, 0.05) is 24.0 Å². The summed E-state index contributed by atoms with van der Waals surface area (Å²) in [6.45, 7) is 1.85. The summed E-state index contributed by atoms with van der Waals surface area (Å²) in [7, 11) is 0. The van der Waals surface area contributed by atoms with Gasteiger partial charge in [0.15, 0.2) is 0 Å². The minimum Gasteiger partial charge on any atom is -0.352 e. The Balaban J connectivity index is 1.95. The number of carbonyl (C=O) groups excluding carboxylic acids is 2. The van der Waals surface area contributed by atoms with Crippen molar-refractivity contribution in [2.45, 2.75) is 37.4 Å². The molecule has 0 aliphatic carbocycles. The van der Waals surface area contributed by atoms with Gasteiger partial charge in [-0.3, -0.25) is 9.69 Å². The van der Waals surface area contributed by atoms with Crippen LogP contribution in [-0.4, -0.2) is 66.2 Å². The van der Waals surface area contributed by atoms with Crippen molar-refractivity contribution < 1.29 is 22.8 Å². The molecule has 0 saturated carbocycles. The Hall–Kier alpha value is -2.00. The Morgan fingerprint density at radius 3 is 2.40 bits per heavy atom. The number of nitrogens with one attached hydrogen (secondary N) is 1. The Morgan fingerprint density at radius 2 is 1.87 bits per heavy atom. The topological polar surface area (TPSA) is 78.7 Å². The van der Waals surface area contributed by atoms with Gasteiger partial charge < -0.3 is 16.0 Å². The van der Waals surface area contributed by atoms with Gasteiger partial charge in [0.2, 0.25) is 5.91 Å². The molecule has 0 spiro atoms. The van der Waals surface area contributed by atoms with Crippen LogP contribution in [0.25, 0.3) is 0 Å². The Labute approximate surface area is 178 Å². The van der Waals surface area contributed by atoms with E-state index >= 15 is 0 Å². The van der Waals surface area contributed by atoms with Crippen LogP contribution >= 0.6 is 11.6 Å². The van der Waals surface area contributed by atoms with Crippen molar-refractivity contribution in [1.29, 1.82) is 0 Å². The highest BCUT2D eigenvalue weighted by atomic mass is 35.5. The molecular weight excluding hydrogens is 421 g/mol. The first-order valence-electron chi connectivity index (χ1n) is 9.92. The summed E-state index contributed by atoms with van der Waals surface area (Å²) in [6, 6.07) is 6.34. The van der Waals surface area contributed by atoms with Gasteiger partial charge in [-0.15, -0.1) is 0 Å². The minimum absolute atomic E-state index is 0.105. The fourth-order valence-electron chi connectivity index (χ4n) is 4.89. The third-order valence-corrected chi connectivity index (χ3v) is 6.50. The van der Waals surface area contributed by atoms with Gasteiger partial charge in [0.25, 0.3) is 0 Å². The van der Waals surface area contributed by atoms with Gasteiger partial charge in [-0.25, -0.2) is 4.79 Å². The van der Waals surface area contributed by atoms with Crippen molar-refractivity contribution in [2.75, 3.05) is 32.7 Å². The summed E-state index contributed by atoms with van der Waals surface area (Å²) in [5, 5.41) is 3.35. The molecule has 0 aromatic heterocycles. The predicted octanol–water partition coefficient (Wildman–Crippen LogP) is 2.97. The van der Waals surface area contributed by atoms with Gasteiger partial charge in [-0.05, 0) is 56.5 Å². The second-order valence-electron chi connectivity index (χ2n) is 8.15. The number of benzene rings is 1. The number of nitrogens with zero attached hydrogens (tertiary/aromatic N) is 2. The van der Waals surface area contributed by atoms with Crippen molar-refractivity contribution in [1.82, 2.24) is 15.1 Å². The molecule has 3 amide bonds. The third-order valence-electron chi connectivity index (χ3n) is 6.25. The highest BCUT2D eigenvalue weighted by Crippen LogP contribution is 2.44. The van der Waals surface area contributed by atoms with Crippen LogP contribution in [0.1, 0.15) is 31.2 Å². The lowest BCUT2D eigenvalue weighted by Crippen LogP contribution is -2.69. The maximum Gasteiger partial charge on any atom is 0.401 e. The molecule has 6 nitrogen and oxygen atoms in total. The number of halogens is 4. The predicted molar refractivity (Wildman–Crippen MR) is 107 cm³/mol. The van der Waals surface area contributed by atoms with Gasteiger partial charge in [0.05, 0.1) is 6.54 Å². The molecule has 1 aromatic rings. The van der Waals surface area contributed by atoms with Crippen LogP contribution in [0.3, 0.4) is 0 Å². The maximum atomic E-state index is 13.1. The molecule has 2 atom stereocenters. The second-order valence-corrected chi connectivity index (χ2v) is 8.59. The van der Waals surface area contributed by atoms with Crippen LogP contribution in [0.15, 0.2) is 24.3 Å². The molecule has 2 fully saturated rings. The zero-order valence-corrected chi connectivity index (χ0v) is 17.5. The van der Waals surface area contributed by atoms with Crippen molar-refractivity contribution in [3.8, 4) is 0 Å². The monoisotopic (exact) mass is 446 g/mol. The van der Waals surface area contributed by atoms with Gasteiger partial charge in [0.1, 0.15) is 5.54 Å². The molecule has 2 heterocycles. The lowest BCUT2D eigenvalue weighted by Gasteiger charge is -2.51. The lowest BCUT2D eigenvalue weighted by atomic mass is 9.67. The summed E-state index contributed by atoms with van der Waals surface area (Å²) >= 11 is 6.03. The number of likely N-dealkylation sites (tertiary alicyclic amines) is 1. The molecule has 1 unspecified atom stereocenters. The van der Waals surface area contributed by atoms with E-state index in [1.54, 1.807) is 31.2 Å². The molecule has 166 valence electrons. The van der Waals surface area contributed by atoms with Crippen molar-refractivity contribution in [2.24, 2.45) is 11.7 Å². The Kier molecular flexibility index (Phi) is 6.52. The van der Waals surface area contributed by atoms with Gasteiger partial charge in [-0.2, -0.15) is 13.2 Å². The fraction of sp³-hybridized carbons (Fsp3) is 0.600. The van der Waals surface area contributed by atoms with Crippen LogP contribution in [-0.2, 0) is 4.79 Å². The van der Waals surface area contributed by atoms with E-state index in [0.717, 1.165) is 5.56 Å². The number of hydrogen-bond donors (Lipinski definition) is 2. The highest BCUT2D eigenvalue weighted by Gasteiger charge is 2.53. The Morgan fingerprint density at radius 1 is 1.27 bits per heavy atom. The van der Waals surface area contributed by atoms with E-state index in [-0.39, 0.29) is 31.5 Å². The zero-order chi connectivity index (χ0) is 22.1. The quantitative estimate of drug-likeness (QED) is 0.746. The highest BCUT2D eigenvalue weighted by molar-refractivity contribution is 6.30. The minimum atomic E-state index is -4.25. The number of primary amides is 1. The van der Waals surface area contributed by atoms with Crippen molar-refractivity contribution in [3.05, 3.63) is 34.9 Å². The number of carbonyl (C=O) groups is 2. The molecule has 0 bridgehead atoms. The number of alkyl halides is 3. The van der Waals surface area contributed by atoms with E-state index in [9.17, 15) is 22.8 Å². The molecule has 3 rings (SSSR count). The van der Waals surface area contributed by atoms with E-state index in [2.05, 4.69) is 5.32 Å². The summed E-state index contributed by atoms with van der Waals surface area (Å²) in [6.07, 6.45) is -3.31. The number of piperidine rings is 1. The number of nitrogens with two attached hydrogens (primary N) is 1. The first-order chi connectivity index (χ1) is 14.0. The van der Waals surface area contributed by atoms with Crippen LogP contribution in [0.5, 0.6) is 0 Å². The van der Waals surface area contributed by atoms with E-state index in [1.807, 2.05) is 0 Å². The van der Waals surface area contributed by atoms with E-state index in [0.29, 0.717) is 24.4 Å². The van der Waals surface area contributed by atoms with Gasteiger partial charge >= 0.3 is 12.2 Å². The van der Waals surface area contributed by atoms with Crippen molar-refractivity contribution in [3.63, 3.8) is 0 Å². The van der Waals surface area contributed by atoms with Crippen LogP contribution in [0.4, 0.5) is 18.0 Å². The normalized spacial score (nSPS) is 25.1. The molecule has 10 heteroatoms. The van der Waals surface area contributed by atoms with E-state index in [4.69, 9.17) is 17.3 Å². The molecule has 2 aliphatic heterocycles. The van der Waals surface area contributed by atoms with Gasteiger partial charge in [-0.1, -0.05) is 23.7 Å². The first kappa shape index (κ1) is 22.7. The molecule has 2 saturated heterocycles. The number of piperazine rings is 1. The number of amides is 3. The number of hydrogen-bond acceptors (Lipinski definition) is 3. The SMILES string of the molecule is CC1([C@H](c2ccc(Cl)cc2)C2CCN(CC(F)(F)F)CC2)C(=O)NCCN1C(N)=O. The molecule has 30 heavy (non-hydrogen) atoms. The molecular formula is C20H26ClF3N4O2. The fourth-order valence-corrected chi connectivity index (χ4v) is 5.01. The smallest absolute Gasteiger partial charge is 0.352 e. The number of rotatable bonds is 4. The summed E-state index contributed by atoms with van der Waals surface area (Å²) in [5.41, 5.74) is 5.17. The molecule has 2 aliphatic rings.